The minimum atomic E-state index is 0.464. The average Bonchev–Trinajstić information content (AvgIpc) is 2.24. The van der Waals surface area contributed by atoms with Gasteiger partial charge in [-0.3, -0.25) is 0 Å². The first-order chi connectivity index (χ1) is 7.70. The molecule has 4 heteroatoms. The zero-order valence-corrected chi connectivity index (χ0v) is 10.4. The minimum Gasteiger partial charge on any atom is -0.359 e. The van der Waals surface area contributed by atoms with Crippen LogP contribution < -0.4 is 10.6 Å². The van der Waals surface area contributed by atoms with E-state index >= 15 is 0 Å². The Morgan fingerprint density at radius 2 is 2.31 bits per heavy atom. The van der Waals surface area contributed by atoms with Crippen LogP contribution >= 0.6 is 11.6 Å². The van der Waals surface area contributed by atoms with E-state index in [1.165, 1.54) is 19.3 Å². The van der Waals surface area contributed by atoms with Crippen molar-refractivity contribution in [1.29, 1.82) is 0 Å². The first kappa shape index (κ1) is 11.7. The van der Waals surface area contributed by atoms with Crippen LogP contribution in [0.1, 0.15) is 24.8 Å². The molecule has 2 N–H and O–H groups in total. The van der Waals surface area contributed by atoms with Crippen molar-refractivity contribution >= 4 is 17.4 Å². The van der Waals surface area contributed by atoms with Crippen LogP contribution in [0.2, 0.25) is 5.02 Å². The quantitative estimate of drug-likeness (QED) is 0.878. The molecule has 0 radical (unpaired) electrons. The Morgan fingerprint density at radius 1 is 1.56 bits per heavy atom. The molecule has 0 unspecified atom stereocenters. The van der Waals surface area contributed by atoms with E-state index in [4.69, 9.17) is 17.3 Å². The van der Waals surface area contributed by atoms with Crippen molar-refractivity contribution in [3.63, 3.8) is 0 Å². The number of nitrogens with zero attached hydrogens (tertiary/aromatic N) is 2. The molecule has 1 aromatic rings. The molecule has 1 saturated carbocycles. The van der Waals surface area contributed by atoms with Crippen LogP contribution in [0, 0.1) is 5.92 Å². The summed E-state index contributed by atoms with van der Waals surface area (Å²) in [6.45, 7) is 1.55. The Bertz CT molecular complexity index is 363. The first-order valence-corrected chi connectivity index (χ1v) is 6.14. The molecule has 88 valence electrons. The number of pyridine rings is 1. The second-order valence-electron chi connectivity index (χ2n) is 4.52. The smallest absolute Gasteiger partial charge is 0.128 e. The molecule has 0 bridgehead atoms. The molecular weight excluding hydrogens is 222 g/mol. The normalized spacial score (nSPS) is 15.9. The van der Waals surface area contributed by atoms with Gasteiger partial charge >= 0.3 is 0 Å². The van der Waals surface area contributed by atoms with Crippen molar-refractivity contribution in [3.05, 3.63) is 22.8 Å². The van der Waals surface area contributed by atoms with Crippen LogP contribution in [-0.4, -0.2) is 18.6 Å². The Labute approximate surface area is 102 Å². The predicted molar refractivity (Wildman–Crippen MR) is 67.7 cm³/mol. The molecule has 3 nitrogen and oxygen atoms in total. The van der Waals surface area contributed by atoms with Gasteiger partial charge in [-0.15, -0.1) is 0 Å². The molecule has 0 spiro atoms. The zero-order chi connectivity index (χ0) is 11.5. The van der Waals surface area contributed by atoms with E-state index in [2.05, 4.69) is 16.9 Å². The van der Waals surface area contributed by atoms with Crippen LogP contribution in [0.15, 0.2) is 12.3 Å². The second kappa shape index (κ2) is 5.02. The third-order valence-electron chi connectivity index (χ3n) is 3.29. The zero-order valence-electron chi connectivity index (χ0n) is 9.62. The van der Waals surface area contributed by atoms with Gasteiger partial charge in [0.25, 0.3) is 0 Å². The highest BCUT2D eigenvalue weighted by Gasteiger charge is 2.19. The van der Waals surface area contributed by atoms with Crippen molar-refractivity contribution < 1.29 is 0 Å². The average molecular weight is 240 g/mol. The molecule has 1 aliphatic rings. The molecule has 2 rings (SSSR count). The van der Waals surface area contributed by atoms with Crippen molar-refractivity contribution in [2.75, 3.05) is 18.5 Å². The van der Waals surface area contributed by atoms with Gasteiger partial charge in [0, 0.05) is 26.3 Å². The number of anilines is 1. The van der Waals surface area contributed by atoms with Crippen LogP contribution in [0.3, 0.4) is 0 Å². The highest BCUT2D eigenvalue weighted by molar-refractivity contribution is 6.31. The lowest BCUT2D eigenvalue weighted by molar-refractivity contribution is 0.321. The van der Waals surface area contributed by atoms with Crippen molar-refractivity contribution in [1.82, 2.24) is 4.98 Å². The molecule has 0 atom stereocenters. The number of hydrogen-bond donors (Lipinski definition) is 1. The number of hydrogen-bond acceptors (Lipinski definition) is 3. The lowest BCUT2D eigenvalue weighted by atomic mass is 9.85. The molecule has 0 amide bonds. The lowest BCUT2D eigenvalue weighted by Gasteiger charge is -2.30. The standard InChI is InChI=1S/C12H18ClN3/c1-16(8-9-3-2-4-9)12-5-10(6-14)11(13)7-15-12/h5,7,9H,2-4,6,8,14H2,1H3. The number of nitrogens with two attached hydrogens (primary N) is 1. The summed E-state index contributed by atoms with van der Waals surface area (Å²) in [5.74, 6) is 1.81. The SMILES string of the molecule is CN(CC1CCC1)c1cc(CN)c(Cl)cn1. The van der Waals surface area contributed by atoms with Gasteiger partial charge in [0.05, 0.1) is 5.02 Å². The van der Waals surface area contributed by atoms with E-state index in [0.717, 1.165) is 23.8 Å². The first-order valence-electron chi connectivity index (χ1n) is 5.76. The lowest BCUT2D eigenvalue weighted by Crippen LogP contribution is -2.29. The van der Waals surface area contributed by atoms with Gasteiger partial charge < -0.3 is 10.6 Å². The fraction of sp³-hybridized carbons (Fsp3) is 0.583. The maximum atomic E-state index is 5.98. The van der Waals surface area contributed by atoms with Crippen LogP contribution in [0.5, 0.6) is 0 Å². The molecular formula is C12H18ClN3. The fourth-order valence-corrected chi connectivity index (χ4v) is 2.17. The maximum absolute atomic E-state index is 5.98. The number of halogens is 1. The summed E-state index contributed by atoms with van der Waals surface area (Å²) >= 11 is 5.98. The number of rotatable bonds is 4. The van der Waals surface area contributed by atoms with Gasteiger partial charge in [-0.25, -0.2) is 4.98 Å². The summed E-state index contributed by atoms with van der Waals surface area (Å²) in [5, 5.41) is 0.656. The third-order valence-corrected chi connectivity index (χ3v) is 3.63. The van der Waals surface area contributed by atoms with Crippen molar-refractivity contribution in [2.24, 2.45) is 11.7 Å². The van der Waals surface area contributed by atoms with Gasteiger partial charge in [-0.1, -0.05) is 18.0 Å². The van der Waals surface area contributed by atoms with E-state index in [-0.39, 0.29) is 0 Å². The van der Waals surface area contributed by atoms with E-state index < -0.39 is 0 Å². The van der Waals surface area contributed by atoms with Crippen molar-refractivity contribution in [3.8, 4) is 0 Å². The largest absolute Gasteiger partial charge is 0.359 e. The minimum absolute atomic E-state index is 0.464. The molecule has 0 aromatic carbocycles. The molecule has 16 heavy (non-hydrogen) atoms. The summed E-state index contributed by atoms with van der Waals surface area (Å²) in [6.07, 6.45) is 5.76. The molecule has 0 saturated heterocycles. The maximum Gasteiger partial charge on any atom is 0.128 e. The van der Waals surface area contributed by atoms with Crippen molar-refractivity contribution in [2.45, 2.75) is 25.8 Å². The Morgan fingerprint density at radius 3 is 2.88 bits per heavy atom. The Balaban J connectivity index is 2.06. The Hall–Kier alpha value is -0.800. The highest BCUT2D eigenvalue weighted by atomic mass is 35.5. The van der Waals surface area contributed by atoms with Gasteiger partial charge in [-0.2, -0.15) is 0 Å². The fourth-order valence-electron chi connectivity index (χ4n) is 1.99. The summed E-state index contributed by atoms with van der Waals surface area (Å²) in [4.78, 5) is 6.53. The van der Waals surface area contributed by atoms with Gasteiger partial charge in [-0.05, 0) is 30.4 Å². The molecule has 1 heterocycles. The highest BCUT2D eigenvalue weighted by Crippen LogP contribution is 2.28. The van der Waals surface area contributed by atoms with Gasteiger partial charge in [0.2, 0.25) is 0 Å². The van der Waals surface area contributed by atoms with E-state index in [1.807, 2.05) is 6.07 Å². The van der Waals surface area contributed by atoms with Gasteiger partial charge in [0.1, 0.15) is 5.82 Å². The molecule has 1 aliphatic carbocycles. The summed E-state index contributed by atoms with van der Waals surface area (Å²) in [6, 6.07) is 1.99. The monoisotopic (exact) mass is 239 g/mol. The second-order valence-corrected chi connectivity index (χ2v) is 4.92. The summed E-state index contributed by atoms with van der Waals surface area (Å²) < 4.78 is 0. The summed E-state index contributed by atoms with van der Waals surface area (Å²) in [7, 11) is 2.08. The predicted octanol–water partition coefficient (Wildman–Crippen LogP) is 2.43. The van der Waals surface area contributed by atoms with E-state index in [1.54, 1.807) is 6.20 Å². The van der Waals surface area contributed by atoms with E-state index in [0.29, 0.717) is 11.6 Å². The molecule has 0 aliphatic heterocycles. The molecule has 1 fully saturated rings. The van der Waals surface area contributed by atoms with Crippen LogP contribution in [0.25, 0.3) is 0 Å². The van der Waals surface area contributed by atoms with Crippen LogP contribution in [0.4, 0.5) is 5.82 Å². The summed E-state index contributed by atoms with van der Waals surface area (Å²) in [5.41, 5.74) is 6.59. The third kappa shape index (κ3) is 2.47. The topological polar surface area (TPSA) is 42.1 Å². The molecule has 1 aromatic heterocycles. The number of aromatic nitrogens is 1. The Kier molecular flexibility index (Phi) is 3.66. The van der Waals surface area contributed by atoms with E-state index in [9.17, 15) is 0 Å². The van der Waals surface area contributed by atoms with Gasteiger partial charge in [0.15, 0.2) is 0 Å². The van der Waals surface area contributed by atoms with Crippen LogP contribution in [-0.2, 0) is 6.54 Å².